The predicted molar refractivity (Wildman–Crippen MR) is 87.3 cm³/mol. The Morgan fingerprint density at radius 2 is 2.00 bits per heavy atom. The normalized spacial score (nSPS) is 19.7. The smallest absolute Gasteiger partial charge is 0.255 e. The second-order valence-electron chi connectivity index (χ2n) is 6.25. The Morgan fingerprint density at radius 1 is 1.26 bits per heavy atom. The number of Topliss-reactive ketones (excluding diaryl/α,β-unsaturated/α-hetero) is 1. The molecule has 2 heterocycles. The topological polar surface area (TPSA) is 50.5 Å². The van der Waals surface area contributed by atoms with Crippen molar-refractivity contribution in [3.05, 3.63) is 71.7 Å². The molecule has 1 amide bonds. The molecule has 118 valence electrons. The lowest BCUT2D eigenvalue weighted by Gasteiger charge is -2.35. The number of fused-ring (bicyclic) bond motifs is 1. The Morgan fingerprint density at radius 3 is 2.65 bits per heavy atom. The van der Waals surface area contributed by atoms with Gasteiger partial charge in [-0.25, -0.2) is 0 Å². The lowest BCUT2D eigenvalue weighted by Crippen LogP contribution is -2.43. The SMILES string of the molecule is C=C(C)CN1C(=O)c2ccccc2[C@]1(C)CC(=O)c1ccco1. The summed E-state index contributed by atoms with van der Waals surface area (Å²) in [5.41, 5.74) is 1.72. The number of carbonyl (C=O) groups is 2. The molecule has 1 aliphatic rings. The fourth-order valence-corrected chi connectivity index (χ4v) is 3.20. The number of ketones is 1. The highest BCUT2D eigenvalue weighted by Crippen LogP contribution is 2.42. The number of furan rings is 1. The van der Waals surface area contributed by atoms with Crippen molar-refractivity contribution in [3.63, 3.8) is 0 Å². The maximum atomic E-state index is 12.8. The van der Waals surface area contributed by atoms with Gasteiger partial charge in [0.1, 0.15) is 0 Å². The zero-order chi connectivity index (χ0) is 16.6. The summed E-state index contributed by atoms with van der Waals surface area (Å²) in [7, 11) is 0. The summed E-state index contributed by atoms with van der Waals surface area (Å²) in [5, 5.41) is 0. The summed E-state index contributed by atoms with van der Waals surface area (Å²) in [5.74, 6) is 0.144. The van der Waals surface area contributed by atoms with E-state index in [0.29, 0.717) is 17.9 Å². The van der Waals surface area contributed by atoms with Crippen LogP contribution >= 0.6 is 0 Å². The van der Waals surface area contributed by atoms with Crippen molar-refractivity contribution in [3.8, 4) is 0 Å². The second kappa shape index (κ2) is 5.54. The third kappa shape index (κ3) is 2.50. The summed E-state index contributed by atoms with van der Waals surface area (Å²) < 4.78 is 5.21. The Balaban J connectivity index is 2.02. The van der Waals surface area contributed by atoms with Crippen LogP contribution in [-0.2, 0) is 5.54 Å². The van der Waals surface area contributed by atoms with Crippen LogP contribution in [0.3, 0.4) is 0 Å². The number of hydrogen-bond donors (Lipinski definition) is 0. The molecule has 1 aromatic heterocycles. The molecule has 0 saturated carbocycles. The quantitative estimate of drug-likeness (QED) is 0.623. The molecule has 0 saturated heterocycles. The first-order valence-electron chi connectivity index (χ1n) is 7.56. The molecule has 1 aliphatic heterocycles. The maximum Gasteiger partial charge on any atom is 0.255 e. The van der Waals surface area contributed by atoms with Crippen molar-refractivity contribution in [2.75, 3.05) is 6.54 Å². The first-order valence-corrected chi connectivity index (χ1v) is 7.56. The summed E-state index contributed by atoms with van der Waals surface area (Å²) in [6, 6.07) is 10.8. The minimum atomic E-state index is -0.698. The van der Waals surface area contributed by atoms with Crippen molar-refractivity contribution in [2.45, 2.75) is 25.8 Å². The van der Waals surface area contributed by atoms with Crippen molar-refractivity contribution in [1.82, 2.24) is 4.90 Å². The van der Waals surface area contributed by atoms with Crippen molar-refractivity contribution < 1.29 is 14.0 Å². The van der Waals surface area contributed by atoms with Gasteiger partial charge in [0.15, 0.2) is 5.76 Å². The molecule has 4 nitrogen and oxygen atoms in total. The van der Waals surface area contributed by atoms with Gasteiger partial charge in [-0.05, 0) is 37.6 Å². The van der Waals surface area contributed by atoms with E-state index in [0.717, 1.165) is 11.1 Å². The van der Waals surface area contributed by atoms with Crippen LogP contribution in [-0.4, -0.2) is 23.1 Å². The first-order chi connectivity index (χ1) is 10.9. The van der Waals surface area contributed by atoms with Gasteiger partial charge in [-0.2, -0.15) is 0 Å². The summed E-state index contributed by atoms with van der Waals surface area (Å²) >= 11 is 0. The van der Waals surface area contributed by atoms with Crippen LogP contribution in [0, 0.1) is 0 Å². The van der Waals surface area contributed by atoms with Crippen molar-refractivity contribution in [1.29, 1.82) is 0 Å². The van der Waals surface area contributed by atoms with Gasteiger partial charge < -0.3 is 9.32 Å². The van der Waals surface area contributed by atoms with Gasteiger partial charge in [0.25, 0.3) is 5.91 Å². The molecule has 1 aromatic carbocycles. The molecule has 0 radical (unpaired) electrons. The number of rotatable bonds is 5. The predicted octanol–water partition coefficient (Wildman–Crippen LogP) is 3.80. The van der Waals surface area contributed by atoms with Crippen LogP contribution in [0.4, 0.5) is 0 Å². The van der Waals surface area contributed by atoms with Crippen LogP contribution in [0.1, 0.15) is 46.7 Å². The first kappa shape index (κ1) is 15.3. The van der Waals surface area contributed by atoms with Gasteiger partial charge in [-0.3, -0.25) is 9.59 Å². The average Bonchev–Trinajstić information content (AvgIpc) is 3.11. The summed E-state index contributed by atoms with van der Waals surface area (Å²) in [6.07, 6.45) is 1.66. The third-order valence-electron chi connectivity index (χ3n) is 4.31. The van der Waals surface area contributed by atoms with Crippen LogP contribution in [0.15, 0.2) is 59.2 Å². The highest BCUT2D eigenvalue weighted by atomic mass is 16.3. The number of nitrogens with zero attached hydrogens (tertiary/aromatic N) is 1. The van der Waals surface area contributed by atoms with Gasteiger partial charge in [0, 0.05) is 18.5 Å². The Bertz CT molecular complexity index is 776. The van der Waals surface area contributed by atoms with Gasteiger partial charge in [-0.1, -0.05) is 30.4 Å². The van der Waals surface area contributed by atoms with Crippen molar-refractivity contribution in [2.24, 2.45) is 0 Å². The van der Waals surface area contributed by atoms with E-state index in [1.165, 1.54) is 6.26 Å². The van der Waals surface area contributed by atoms with Crippen LogP contribution < -0.4 is 0 Å². The summed E-state index contributed by atoms with van der Waals surface area (Å²) in [6.45, 7) is 8.15. The lowest BCUT2D eigenvalue weighted by atomic mass is 9.86. The molecule has 0 unspecified atom stereocenters. The van der Waals surface area contributed by atoms with E-state index in [4.69, 9.17) is 4.42 Å². The third-order valence-corrected chi connectivity index (χ3v) is 4.31. The highest BCUT2D eigenvalue weighted by Gasteiger charge is 2.47. The molecule has 0 N–H and O–H groups in total. The minimum absolute atomic E-state index is 0.0571. The number of carbonyl (C=O) groups excluding carboxylic acids is 2. The summed E-state index contributed by atoms with van der Waals surface area (Å²) in [4.78, 5) is 27.1. The molecule has 0 spiro atoms. The highest BCUT2D eigenvalue weighted by molar-refractivity contribution is 6.02. The molecule has 0 fully saturated rings. The standard InChI is InChI=1S/C19H19NO3/c1-13(2)12-20-18(22)14-7-4-5-8-15(14)19(20,3)11-16(21)17-9-6-10-23-17/h4-10H,1,11-12H2,2-3H3/t19-/m0/s1. The van der Waals surface area contributed by atoms with E-state index in [-0.39, 0.29) is 18.1 Å². The Hall–Kier alpha value is -2.62. The molecule has 0 bridgehead atoms. The lowest BCUT2D eigenvalue weighted by molar-refractivity contribution is 0.0568. The van der Waals surface area contributed by atoms with Crippen LogP contribution in [0.5, 0.6) is 0 Å². The second-order valence-corrected chi connectivity index (χ2v) is 6.25. The van der Waals surface area contributed by atoms with E-state index in [1.807, 2.05) is 38.1 Å². The molecule has 3 rings (SSSR count). The molecule has 4 heteroatoms. The van der Waals surface area contributed by atoms with E-state index >= 15 is 0 Å². The Labute approximate surface area is 135 Å². The van der Waals surface area contributed by atoms with E-state index in [1.54, 1.807) is 17.0 Å². The monoisotopic (exact) mass is 309 g/mol. The van der Waals surface area contributed by atoms with E-state index in [9.17, 15) is 9.59 Å². The maximum absolute atomic E-state index is 12.8. The van der Waals surface area contributed by atoms with Gasteiger partial charge >= 0.3 is 0 Å². The molecular weight excluding hydrogens is 290 g/mol. The molecular formula is C19H19NO3. The average molecular weight is 309 g/mol. The van der Waals surface area contributed by atoms with Gasteiger partial charge in [0.2, 0.25) is 5.78 Å². The molecule has 1 atom stereocenters. The van der Waals surface area contributed by atoms with E-state index < -0.39 is 5.54 Å². The Kier molecular flexibility index (Phi) is 3.68. The number of benzene rings is 1. The van der Waals surface area contributed by atoms with Crippen LogP contribution in [0.25, 0.3) is 0 Å². The van der Waals surface area contributed by atoms with E-state index in [2.05, 4.69) is 6.58 Å². The fourth-order valence-electron chi connectivity index (χ4n) is 3.20. The van der Waals surface area contributed by atoms with Crippen LogP contribution in [0.2, 0.25) is 0 Å². The van der Waals surface area contributed by atoms with Crippen molar-refractivity contribution >= 4 is 11.7 Å². The zero-order valence-electron chi connectivity index (χ0n) is 13.3. The van der Waals surface area contributed by atoms with Gasteiger partial charge in [0.05, 0.1) is 11.8 Å². The molecule has 23 heavy (non-hydrogen) atoms. The van der Waals surface area contributed by atoms with Gasteiger partial charge in [-0.15, -0.1) is 0 Å². The fraction of sp³-hybridized carbons (Fsp3) is 0.263. The minimum Gasteiger partial charge on any atom is -0.461 e. The number of amides is 1. The molecule has 0 aliphatic carbocycles. The largest absolute Gasteiger partial charge is 0.461 e. The zero-order valence-corrected chi connectivity index (χ0v) is 13.3. The molecule has 2 aromatic rings. The number of hydrogen-bond acceptors (Lipinski definition) is 3.